The Balaban J connectivity index is 1.61. The molecule has 9 nitrogen and oxygen atoms in total. The van der Waals surface area contributed by atoms with E-state index in [0.717, 1.165) is 27.9 Å². The molecule has 1 saturated heterocycles. The Morgan fingerprint density at radius 1 is 1.12 bits per heavy atom. The van der Waals surface area contributed by atoms with Crippen molar-refractivity contribution in [3.63, 3.8) is 0 Å². The number of benzene rings is 2. The first-order valence-corrected chi connectivity index (χ1v) is 11.2. The molecular formula is C24H25N5O4S. The number of carboxylic acids is 1. The summed E-state index contributed by atoms with van der Waals surface area (Å²) >= 11 is 0.972. The number of thioether (sulfide) groups is 1. The van der Waals surface area contributed by atoms with Gasteiger partial charge >= 0.3 is 5.97 Å². The van der Waals surface area contributed by atoms with E-state index >= 15 is 0 Å². The number of amides is 2. The average molecular weight is 480 g/mol. The van der Waals surface area contributed by atoms with Crippen molar-refractivity contribution in [2.24, 2.45) is 15.9 Å². The van der Waals surface area contributed by atoms with Crippen LogP contribution in [0.5, 0.6) is 0 Å². The van der Waals surface area contributed by atoms with E-state index in [1.54, 1.807) is 13.0 Å². The number of allylic oxidation sites excluding steroid dienone is 1. The molecule has 0 aromatic heterocycles. The van der Waals surface area contributed by atoms with Crippen LogP contribution in [0, 0.1) is 0 Å². The molecular weight excluding hydrogens is 454 g/mol. The molecule has 0 spiro atoms. The predicted molar refractivity (Wildman–Crippen MR) is 136 cm³/mol. The van der Waals surface area contributed by atoms with Gasteiger partial charge in [-0.05, 0) is 55.0 Å². The maximum atomic E-state index is 12.7. The van der Waals surface area contributed by atoms with Gasteiger partial charge in [0.05, 0.1) is 17.0 Å². The summed E-state index contributed by atoms with van der Waals surface area (Å²) in [4.78, 5) is 39.2. The Hall–Kier alpha value is -3.92. The van der Waals surface area contributed by atoms with Crippen molar-refractivity contribution in [2.45, 2.75) is 18.6 Å². The highest BCUT2D eigenvalue weighted by Crippen LogP contribution is 2.30. The maximum absolute atomic E-state index is 12.7. The van der Waals surface area contributed by atoms with Crippen LogP contribution in [0.4, 0.5) is 11.4 Å². The van der Waals surface area contributed by atoms with Gasteiger partial charge in [0.25, 0.3) is 0 Å². The zero-order chi connectivity index (χ0) is 24.8. The number of nitrogens with two attached hydrogens (primary N) is 1. The number of aromatic carboxylic acids is 1. The fourth-order valence-corrected chi connectivity index (χ4v) is 3.96. The fraction of sp³-hybridized carbons (Fsp3) is 0.208. The normalized spacial score (nSPS) is 17.0. The second kappa shape index (κ2) is 10.8. The van der Waals surface area contributed by atoms with Crippen molar-refractivity contribution in [3.05, 3.63) is 65.7 Å². The number of carbonyl (C=O) groups is 3. The van der Waals surface area contributed by atoms with Crippen molar-refractivity contribution >= 4 is 57.9 Å². The van der Waals surface area contributed by atoms with E-state index < -0.39 is 17.1 Å². The van der Waals surface area contributed by atoms with Gasteiger partial charge in [0, 0.05) is 26.2 Å². The van der Waals surface area contributed by atoms with Crippen molar-refractivity contribution in [2.75, 3.05) is 23.9 Å². The topological polar surface area (TPSA) is 129 Å². The third-order valence-corrected chi connectivity index (χ3v) is 5.95. The van der Waals surface area contributed by atoms with E-state index in [4.69, 9.17) is 10.8 Å². The summed E-state index contributed by atoms with van der Waals surface area (Å²) in [6.45, 7) is 1.78. The van der Waals surface area contributed by atoms with Gasteiger partial charge in [-0.3, -0.25) is 9.59 Å². The largest absolute Gasteiger partial charge is 0.478 e. The summed E-state index contributed by atoms with van der Waals surface area (Å²) in [6.07, 6.45) is 3.68. The Kier molecular flexibility index (Phi) is 7.85. The maximum Gasteiger partial charge on any atom is 0.335 e. The van der Waals surface area contributed by atoms with Gasteiger partial charge < -0.3 is 15.7 Å². The summed E-state index contributed by atoms with van der Waals surface area (Å²) in [6, 6.07) is 13.6. The molecule has 0 saturated carbocycles. The molecule has 2 aromatic carbocycles. The van der Waals surface area contributed by atoms with E-state index in [1.807, 2.05) is 49.3 Å². The molecule has 0 unspecified atom stereocenters. The molecule has 2 aromatic rings. The quantitative estimate of drug-likeness (QED) is 0.270. The number of hydrogen-bond acceptors (Lipinski definition) is 7. The highest BCUT2D eigenvalue weighted by atomic mass is 32.2. The molecule has 1 atom stereocenters. The standard InChI is InChI=1S/C24H25N5O4S/c1-15(4-5-16-6-10-18(11-7-16)28(2)3)26-27-24(25)34-20-14-21(30)29(22(20)31)19-12-8-17(9-13-19)23(32)33/h4-13,20H,14H2,1-3H3,(H2,25,27)(H,32,33)/b5-4+,26-15-/t20-/m0/s1. The zero-order valence-corrected chi connectivity index (χ0v) is 19.8. The number of carboxylic acid groups (broad SMARTS) is 1. The van der Waals surface area contributed by atoms with Crippen LogP contribution in [0.2, 0.25) is 0 Å². The summed E-state index contributed by atoms with van der Waals surface area (Å²) in [7, 11) is 3.96. The van der Waals surface area contributed by atoms with Gasteiger partial charge in [-0.15, -0.1) is 5.10 Å². The number of imide groups is 1. The monoisotopic (exact) mass is 479 g/mol. The molecule has 10 heteroatoms. The van der Waals surface area contributed by atoms with Gasteiger partial charge in [0.15, 0.2) is 5.17 Å². The number of rotatable bonds is 7. The van der Waals surface area contributed by atoms with Gasteiger partial charge in [-0.1, -0.05) is 30.0 Å². The lowest BCUT2D eigenvalue weighted by molar-refractivity contribution is -0.121. The minimum absolute atomic E-state index is 0.0358. The van der Waals surface area contributed by atoms with Crippen LogP contribution in [0.15, 0.2) is 64.8 Å². The lowest BCUT2D eigenvalue weighted by Gasteiger charge is -2.14. The van der Waals surface area contributed by atoms with Crippen LogP contribution < -0.4 is 15.5 Å². The highest BCUT2D eigenvalue weighted by molar-refractivity contribution is 8.14. The molecule has 0 bridgehead atoms. The molecule has 1 heterocycles. The average Bonchev–Trinajstić information content (AvgIpc) is 3.09. The molecule has 34 heavy (non-hydrogen) atoms. The second-order valence-electron chi connectivity index (χ2n) is 7.73. The summed E-state index contributed by atoms with van der Waals surface area (Å²) in [5.74, 6) is -1.91. The number of carbonyl (C=O) groups excluding carboxylic acids is 2. The van der Waals surface area contributed by atoms with E-state index in [0.29, 0.717) is 11.4 Å². The summed E-state index contributed by atoms with van der Waals surface area (Å²) in [5, 5.41) is 16.4. The summed E-state index contributed by atoms with van der Waals surface area (Å²) < 4.78 is 0. The molecule has 1 aliphatic rings. The van der Waals surface area contributed by atoms with Crippen LogP contribution in [0.25, 0.3) is 6.08 Å². The van der Waals surface area contributed by atoms with Crippen LogP contribution >= 0.6 is 11.8 Å². The SMILES string of the molecule is CC(/C=C/c1ccc(N(C)C)cc1)=N/N=C(N)S[C@H]1CC(=O)N(c2ccc(C(=O)O)cc2)C1=O. The molecule has 1 fully saturated rings. The lowest BCUT2D eigenvalue weighted by Crippen LogP contribution is -2.31. The first kappa shape index (κ1) is 24.7. The first-order chi connectivity index (χ1) is 16.2. The Morgan fingerprint density at radius 3 is 2.35 bits per heavy atom. The van der Waals surface area contributed by atoms with Gasteiger partial charge in [0.2, 0.25) is 11.8 Å². The molecule has 0 aliphatic carbocycles. The van der Waals surface area contributed by atoms with Crippen molar-refractivity contribution in [3.8, 4) is 0 Å². The highest BCUT2D eigenvalue weighted by Gasteiger charge is 2.40. The van der Waals surface area contributed by atoms with Crippen molar-refractivity contribution in [1.29, 1.82) is 0 Å². The number of amidine groups is 1. The van der Waals surface area contributed by atoms with Gasteiger partial charge in [0.1, 0.15) is 5.25 Å². The van der Waals surface area contributed by atoms with E-state index in [9.17, 15) is 14.4 Å². The second-order valence-corrected chi connectivity index (χ2v) is 8.95. The molecule has 0 radical (unpaired) electrons. The Bertz CT molecular complexity index is 1170. The van der Waals surface area contributed by atoms with Gasteiger partial charge in [-0.2, -0.15) is 5.10 Å². The van der Waals surface area contributed by atoms with Crippen LogP contribution in [-0.2, 0) is 9.59 Å². The minimum Gasteiger partial charge on any atom is -0.478 e. The van der Waals surface area contributed by atoms with Crippen LogP contribution in [-0.4, -0.2) is 53.1 Å². The molecule has 176 valence electrons. The summed E-state index contributed by atoms with van der Waals surface area (Å²) in [5.41, 5.74) is 9.05. The van der Waals surface area contributed by atoms with E-state index in [-0.39, 0.29) is 23.1 Å². The Morgan fingerprint density at radius 2 is 1.76 bits per heavy atom. The van der Waals surface area contributed by atoms with Crippen LogP contribution in [0.3, 0.4) is 0 Å². The fourth-order valence-electron chi connectivity index (χ4n) is 3.15. The molecule has 3 N–H and O–H groups in total. The van der Waals surface area contributed by atoms with Crippen molar-refractivity contribution in [1.82, 2.24) is 0 Å². The van der Waals surface area contributed by atoms with E-state index in [2.05, 4.69) is 10.2 Å². The minimum atomic E-state index is -1.09. The third kappa shape index (κ3) is 6.10. The molecule has 3 rings (SSSR count). The predicted octanol–water partition coefficient (Wildman–Crippen LogP) is 3.22. The number of nitrogens with zero attached hydrogens (tertiary/aromatic N) is 4. The number of hydrogen-bond donors (Lipinski definition) is 2. The van der Waals surface area contributed by atoms with Crippen LogP contribution in [0.1, 0.15) is 29.3 Å². The zero-order valence-electron chi connectivity index (χ0n) is 19.0. The lowest BCUT2D eigenvalue weighted by atomic mass is 10.2. The number of anilines is 2. The first-order valence-electron chi connectivity index (χ1n) is 10.4. The van der Waals surface area contributed by atoms with Gasteiger partial charge in [-0.25, -0.2) is 9.69 Å². The van der Waals surface area contributed by atoms with Crippen molar-refractivity contribution < 1.29 is 19.5 Å². The third-order valence-electron chi connectivity index (χ3n) is 4.97. The smallest absolute Gasteiger partial charge is 0.335 e. The van der Waals surface area contributed by atoms with E-state index in [1.165, 1.54) is 24.3 Å². The Labute approximate surface area is 201 Å². The molecule has 1 aliphatic heterocycles. The molecule has 2 amide bonds.